The molecular formula is C19H21ClN4O3S. The molecular weight excluding hydrogens is 400 g/mol. The van der Waals surface area contributed by atoms with Crippen molar-refractivity contribution in [1.82, 2.24) is 4.90 Å². The highest BCUT2D eigenvalue weighted by molar-refractivity contribution is 7.94. The van der Waals surface area contributed by atoms with Crippen LogP contribution in [0.4, 0.5) is 21.9 Å². The molecule has 0 aliphatic carbocycles. The SMILES string of the molecule is CN1c2ccccc2N(C2CCN(C(=O)Nc3ccccc3Cl)CC2)S1(=O)=O. The largest absolute Gasteiger partial charge is 0.326 e. The quantitative estimate of drug-likeness (QED) is 0.807. The summed E-state index contributed by atoms with van der Waals surface area (Å²) in [5, 5.41) is 3.30. The van der Waals surface area contributed by atoms with Crippen molar-refractivity contribution >= 4 is 44.9 Å². The van der Waals surface area contributed by atoms with Gasteiger partial charge in [0, 0.05) is 20.1 Å². The third-order valence-electron chi connectivity index (χ3n) is 5.25. The fraction of sp³-hybridized carbons (Fsp3) is 0.316. The number of carbonyl (C=O) groups is 1. The lowest BCUT2D eigenvalue weighted by Gasteiger charge is -2.36. The molecule has 0 radical (unpaired) electrons. The van der Waals surface area contributed by atoms with Gasteiger partial charge in [-0.3, -0.25) is 4.31 Å². The van der Waals surface area contributed by atoms with E-state index in [9.17, 15) is 13.2 Å². The second-order valence-electron chi connectivity index (χ2n) is 6.89. The highest BCUT2D eigenvalue weighted by Crippen LogP contribution is 2.42. The normalized spacial score (nSPS) is 18.9. The van der Waals surface area contributed by atoms with E-state index in [2.05, 4.69) is 5.32 Å². The van der Waals surface area contributed by atoms with Crippen molar-refractivity contribution in [3.05, 3.63) is 53.6 Å². The van der Waals surface area contributed by atoms with E-state index in [1.165, 1.54) is 8.61 Å². The average Bonchev–Trinajstić information content (AvgIpc) is 2.90. The third kappa shape index (κ3) is 3.16. The van der Waals surface area contributed by atoms with Gasteiger partial charge < -0.3 is 10.2 Å². The van der Waals surface area contributed by atoms with E-state index in [4.69, 9.17) is 11.6 Å². The van der Waals surface area contributed by atoms with Crippen LogP contribution in [0.15, 0.2) is 48.5 Å². The van der Waals surface area contributed by atoms with Gasteiger partial charge in [0.2, 0.25) is 0 Å². The van der Waals surface area contributed by atoms with Crippen LogP contribution in [0.3, 0.4) is 0 Å². The molecule has 148 valence electrons. The number of fused-ring (bicyclic) bond motifs is 1. The minimum absolute atomic E-state index is 0.180. The van der Waals surface area contributed by atoms with Gasteiger partial charge in [0.1, 0.15) is 0 Å². The number of rotatable bonds is 2. The Morgan fingerprint density at radius 1 is 1.04 bits per heavy atom. The molecule has 0 unspecified atom stereocenters. The molecule has 2 aliphatic heterocycles. The van der Waals surface area contributed by atoms with E-state index < -0.39 is 10.2 Å². The molecule has 2 aliphatic rings. The molecule has 28 heavy (non-hydrogen) atoms. The molecule has 0 spiro atoms. The van der Waals surface area contributed by atoms with Gasteiger partial charge in [-0.1, -0.05) is 35.9 Å². The number of halogens is 1. The summed E-state index contributed by atoms with van der Waals surface area (Å²) in [6, 6.07) is 14.0. The number of piperidine rings is 1. The Morgan fingerprint density at radius 2 is 1.64 bits per heavy atom. The predicted octanol–water partition coefficient (Wildman–Crippen LogP) is 3.54. The first kappa shape index (κ1) is 18.9. The van der Waals surface area contributed by atoms with E-state index in [1.54, 1.807) is 42.3 Å². The van der Waals surface area contributed by atoms with Crippen molar-refractivity contribution in [2.24, 2.45) is 0 Å². The summed E-state index contributed by atoms with van der Waals surface area (Å²) in [6.07, 6.45) is 1.13. The number of carbonyl (C=O) groups excluding carboxylic acids is 1. The topological polar surface area (TPSA) is 73.0 Å². The molecule has 2 amide bonds. The summed E-state index contributed by atoms with van der Waals surface area (Å²) in [4.78, 5) is 14.2. The minimum Gasteiger partial charge on any atom is -0.324 e. The van der Waals surface area contributed by atoms with E-state index in [-0.39, 0.29) is 12.1 Å². The lowest BCUT2D eigenvalue weighted by molar-refractivity contribution is 0.195. The molecule has 2 heterocycles. The van der Waals surface area contributed by atoms with Gasteiger partial charge in [0.25, 0.3) is 0 Å². The number of hydrogen-bond donors (Lipinski definition) is 1. The van der Waals surface area contributed by atoms with Crippen LogP contribution in [0.5, 0.6) is 0 Å². The Hall–Kier alpha value is -2.45. The number of anilines is 3. The molecule has 2 aromatic rings. The first-order valence-corrected chi connectivity index (χ1v) is 10.8. The van der Waals surface area contributed by atoms with Crippen LogP contribution in [0.1, 0.15) is 12.8 Å². The van der Waals surface area contributed by atoms with E-state index in [0.717, 1.165) is 0 Å². The Kier molecular flexibility index (Phi) is 4.84. The fourth-order valence-electron chi connectivity index (χ4n) is 3.74. The summed E-state index contributed by atoms with van der Waals surface area (Å²) < 4.78 is 28.6. The van der Waals surface area contributed by atoms with Crippen LogP contribution in [-0.2, 0) is 10.2 Å². The maximum absolute atomic E-state index is 12.9. The van der Waals surface area contributed by atoms with E-state index in [1.807, 2.05) is 18.2 Å². The summed E-state index contributed by atoms with van der Waals surface area (Å²) in [6.45, 7) is 0.942. The van der Waals surface area contributed by atoms with Gasteiger partial charge in [0.05, 0.1) is 28.1 Å². The molecule has 1 fully saturated rings. The Morgan fingerprint density at radius 3 is 2.32 bits per heavy atom. The molecule has 1 N–H and O–H groups in total. The van der Waals surface area contributed by atoms with Crippen LogP contribution >= 0.6 is 11.6 Å². The maximum atomic E-state index is 12.9. The van der Waals surface area contributed by atoms with Crippen LogP contribution in [0.25, 0.3) is 0 Å². The highest BCUT2D eigenvalue weighted by Gasteiger charge is 2.43. The van der Waals surface area contributed by atoms with Gasteiger partial charge >= 0.3 is 16.2 Å². The number of nitrogens with zero attached hydrogens (tertiary/aromatic N) is 3. The van der Waals surface area contributed by atoms with Crippen molar-refractivity contribution in [1.29, 1.82) is 0 Å². The van der Waals surface area contributed by atoms with Crippen molar-refractivity contribution in [2.75, 3.05) is 34.1 Å². The smallest absolute Gasteiger partial charge is 0.324 e. The lowest BCUT2D eigenvalue weighted by atomic mass is 10.0. The van der Waals surface area contributed by atoms with Crippen molar-refractivity contribution in [2.45, 2.75) is 18.9 Å². The number of para-hydroxylation sites is 3. The Bertz CT molecular complexity index is 1010. The Labute approximate surface area is 169 Å². The number of nitrogens with one attached hydrogen (secondary N) is 1. The monoisotopic (exact) mass is 420 g/mol. The first-order chi connectivity index (χ1) is 13.4. The Balaban J connectivity index is 1.46. The first-order valence-electron chi connectivity index (χ1n) is 9.07. The molecule has 4 rings (SSSR count). The summed E-state index contributed by atoms with van der Waals surface area (Å²) in [5.74, 6) is 0. The standard InChI is InChI=1S/C19H21ClN4O3S/c1-22-17-8-4-5-9-18(17)24(28(22,26)27)14-10-12-23(13-11-14)19(25)21-16-7-3-2-6-15(16)20/h2-9,14H,10-13H2,1H3,(H,21,25). The highest BCUT2D eigenvalue weighted by atomic mass is 35.5. The molecule has 1 saturated heterocycles. The van der Waals surface area contributed by atoms with Gasteiger partial charge in [-0.15, -0.1) is 0 Å². The van der Waals surface area contributed by atoms with Gasteiger partial charge in [-0.2, -0.15) is 8.42 Å². The molecule has 0 saturated carbocycles. The number of likely N-dealkylation sites (tertiary alicyclic amines) is 1. The number of amides is 2. The minimum atomic E-state index is -3.59. The van der Waals surface area contributed by atoms with Crippen LogP contribution in [0.2, 0.25) is 5.02 Å². The summed E-state index contributed by atoms with van der Waals surface area (Å²) in [5.41, 5.74) is 1.94. The molecule has 0 atom stereocenters. The number of benzene rings is 2. The fourth-order valence-corrected chi connectivity index (χ4v) is 5.58. The second kappa shape index (κ2) is 7.18. The maximum Gasteiger partial charge on any atom is 0.326 e. The zero-order valence-corrected chi connectivity index (χ0v) is 16.9. The zero-order valence-electron chi connectivity index (χ0n) is 15.4. The van der Waals surface area contributed by atoms with Crippen LogP contribution in [0, 0.1) is 0 Å². The molecule has 0 aromatic heterocycles. The van der Waals surface area contributed by atoms with Crippen LogP contribution in [-0.4, -0.2) is 45.5 Å². The molecule has 0 bridgehead atoms. The van der Waals surface area contributed by atoms with E-state index in [0.29, 0.717) is 48.0 Å². The van der Waals surface area contributed by atoms with Gasteiger partial charge in [0.15, 0.2) is 0 Å². The van der Waals surface area contributed by atoms with E-state index >= 15 is 0 Å². The molecule has 7 nitrogen and oxygen atoms in total. The van der Waals surface area contributed by atoms with Crippen LogP contribution < -0.4 is 13.9 Å². The lowest BCUT2D eigenvalue weighted by Crippen LogP contribution is -2.50. The number of hydrogen-bond acceptors (Lipinski definition) is 3. The third-order valence-corrected chi connectivity index (χ3v) is 7.46. The molecule has 2 aromatic carbocycles. The van der Waals surface area contributed by atoms with Crippen molar-refractivity contribution in [3.8, 4) is 0 Å². The summed E-state index contributed by atoms with van der Waals surface area (Å²) in [7, 11) is -2.02. The molecule has 9 heteroatoms. The van der Waals surface area contributed by atoms with Crippen molar-refractivity contribution in [3.63, 3.8) is 0 Å². The van der Waals surface area contributed by atoms with Gasteiger partial charge in [-0.25, -0.2) is 9.10 Å². The predicted molar refractivity (Wildman–Crippen MR) is 111 cm³/mol. The van der Waals surface area contributed by atoms with Gasteiger partial charge in [-0.05, 0) is 37.1 Å². The second-order valence-corrected chi connectivity index (χ2v) is 9.13. The van der Waals surface area contributed by atoms with Crippen molar-refractivity contribution < 1.29 is 13.2 Å². The average molecular weight is 421 g/mol. The summed E-state index contributed by atoms with van der Waals surface area (Å²) >= 11 is 6.10. The zero-order chi connectivity index (χ0) is 19.9. The number of urea groups is 1.